The molecular formula is C14H7Cl2F3N2. The average molecular weight is 331 g/mol. The normalized spacial score (nSPS) is 13.2. The first kappa shape index (κ1) is 17.1. The van der Waals surface area contributed by atoms with Gasteiger partial charge in [-0.05, 0) is 30.7 Å². The number of benzene rings is 1. The van der Waals surface area contributed by atoms with E-state index >= 15 is 0 Å². The van der Waals surface area contributed by atoms with Gasteiger partial charge in [0.1, 0.15) is 0 Å². The molecule has 0 spiro atoms. The van der Waals surface area contributed by atoms with Crippen LogP contribution in [0.15, 0.2) is 34.9 Å². The van der Waals surface area contributed by atoms with Gasteiger partial charge in [0.05, 0.1) is 23.3 Å². The highest BCUT2D eigenvalue weighted by molar-refractivity contribution is 6.35. The number of hydrogen-bond acceptors (Lipinski definition) is 2. The van der Waals surface area contributed by atoms with Crippen LogP contribution in [0, 0.1) is 22.7 Å². The molecule has 0 aromatic heterocycles. The van der Waals surface area contributed by atoms with Gasteiger partial charge in [-0.15, -0.1) is 0 Å². The van der Waals surface area contributed by atoms with Crippen molar-refractivity contribution in [1.82, 2.24) is 0 Å². The average Bonchev–Trinajstić information content (AvgIpc) is 2.38. The largest absolute Gasteiger partial charge is 0.418 e. The maximum atomic E-state index is 13.0. The van der Waals surface area contributed by atoms with Gasteiger partial charge in [0, 0.05) is 15.6 Å². The van der Waals surface area contributed by atoms with Crippen molar-refractivity contribution < 1.29 is 13.2 Å². The molecule has 2 nitrogen and oxygen atoms in total. The fourth-order valence-corrected chi connectivity index (χ4v) is 2.02. The molecule has 0 atom stereocenters. The Labute approximate surface area is 129 Å². The Balaban J connectivity index is 3.52. The summed E-state index contributed by atoms with van der Waals surface area (Å²) in [5.74, 6) is 0. The maximum absolute atomic E-state index is 13.0. The molecule has 108 valence electrons. The van der Waals surface area contributed by atoms with Gasteiger partial charge in [0.15, 0.2) is 0 Å². The molecule has 0 N–H and O–H groups in total. The molecule has 7 heteroatoms. The van der Waals surface area contributed by atoms with Crippen molar-refractivity contribution in [1.29, 1.82) is 10.5 Å². The minimum absolute atomic E-state index is 0.103. The lowest BCUT2D eigenvalue weighted by Crippen LogP contribution is -2.15. The van der Waals surface area contributed by atoms with E-state index < -0.39 is 22.9 Å². The highest BCUT2D eigenvalue weighted by atomic mass is 35.5. The third kappa shape index (κ3) is 4.26. The molecule has 0 unspecified atom stereocenters. The Morgan fingerprint density at radius 3 is 2.24 bits per heavy atom. The highest BCUT2D eigenvalue weighted by Gasteiger charge is 2.38. The van der Waals surface area contributed by atoms with Gasteiger partial charge in [-0.25, -0.2) is 0 Å². The number of allylic oxidation sites excluding steroid dienone is 3. The first-order valence-corrected chi connectivity index (χ1v) is 6.21. The summed E-state index contributed by atoms with van der Waals surface area (Å²) in [6.07, 6.45) is -3.84. The lowest BCUT2D eigenvalue weighted by molar-refractivity contribution is -0.0893. The maximum Gasteiger partial charge on any atom is 0.418 e. The summed E-state index contributed by atoms with van der Waals surface area (Å²) in [5.41, 5.74) is -2.37. The minimum Gasteiger partial charge on any atom is -0.193 e. The van der Waals surface area contributed by atoms with Crippen LogP contribution in [-0.4, -0.2) is 6.18 Å². The molecule has 0 bridgehead atoms. The molecule has 0 fully saturated rings. The molecule has 0 amide bonds. The van der Waals surface area contributed by atoms with Crippen LogP contribution in [0.25, 0.3) is 6.08 Å². The summed E-state index contributed by atoms with van der Waals surface area (Å²) in [6, 6.07) is 7.03. The van der Waals surface area contributed by atoms with Crippen molar-refractivity contribution >= 4 is 29.3 Å². The smallest absolute Gasteiger partial charge is 0.193 e. The number of hydrogen-bond donors (Lipinski definition) is 0. The lowest BCUT2D eigenvalue weighted by atomic mass is 9.99. The molecule has 0 heterocycles. The van der Waals surface area contributed by atoms with E-state index in [1.165, 1.54) is 30.3 Å². The zero-order valence-corrected chi connectivity index (χ0v) is 12.1. The first-order chi connectivity index (χ1) is 9.70. The fraction of sp³-hybridized carbons (Fsp3) is 0.143. The monoisotopic (exact) mass is 330 g/mol. The van der Waals surface area contributed by atoms with E-state index in [1.807, 2.05) is 0 Å². The molecule has 21 heavy (non-hydrogen) atoms. The third-order valence-corrected chi connectivity index (χ3v) is 3.04. The lowest BCUT2D eigenvalue weighted by Gasteiger charge is -2.12. The second kappa shape index (κ2) is 6.67. The van der Waals surface area contributed by atoms with Crippen LogP contribution >= 0.6 is 23.2 Å². The summed E-state index contributed by atoms with van der Waals surface area (Å²) >= 11 is 11.6. The van der Waals surface area contributed by atoms with Gasteiger partial charge in [-0.1, -0.05) is 29.3 Å². The van der Waals surface area contributed by atoms with E-state index in [4.69, 9.17) is 33.7 Å². The van der Waals surface area contributed by atoms with Crippen molar-refractivity contribution in [2.24, 2.45) is 0 Å². The van der Waals surface area contributed by atoms with Gasteiger partial charge in [-0.3, -0.25) is 0 Å². The molecule has 0 aliphatic heterocycles. The minimum atomic E-state index is -4.82. The number of nitriles is 2. The molecule has 0 radical (unpaired) electrons. The quantitative estimate of drug-likeness (QED) is 0.545. The molecule has 0 aliphatic rings. The van der Waals surface area contributed by atoms with Crippen LogP contribution in [0.3, 0.4) is 0 Å². The second-order valence-corrected chi connectivity index (χ2v) is 4.79. The molecule has 1 rings (SSSR count). The van der Waals surface area contributed by atoms with Gasteiger partial charge in [-0.2, -0.15) is 23.7 Å². The van der Waals surface area contributed by atoms with E-state index in [0.29, 0.717) is 5.02 Å². The highest BCUT2D eigenvalue weighted by Crippen LogP contribution is 2.35. The zero-order valence-electron chi connectivity index (χ0n) is 10.6. The van der Waals surface area contributed by atoms with Gasteiger partial charge in [0.2, 0.25) is 0 Å². The topological polar surface area (TPSA) is 47.6 Å². The molecule has 0 saturated heterocycles. The van der Waals surface area contributed by atoms with Crippen LogP contribution in [0.4, 0.5) is 13.2 Å². The molecular weight excluding hydrogens is 324 g/mol. The van der Waals surface area contributed by atoms with Gasteiger partial charge in [0.25, 0.3) is 0 Å². The molecule has 0 saturated carbocycles. The molecule has 1 aromatic rings. The summed E-state index contributed by atoms with van der Waals surface area (Å²) in [4.78, 5) is 0. The summed E-state index contributed by atoms with van der Waals surface area (Å²) in [7, 11) is 0. The van der Waals surface area contributed by atoms with Crippen LogP contribution < -0.4 is 0 Å². The summed E-state index contributed by atoms with van der Waals surface area (Å²) in [6.45, 7) is 0.997. The van der Waals surface area contributed by atoms with Crippen LogP contribution in [0.2, 0.25) is 10.0 Å². The van der Waals surface area contributed by atoms with E-state index in [1.54, 1.807) is 0 Å². The number of halogens is 5. The van der Waals surface area contributed by atoms with Crippen molar-refractivity contribution in [2.75, 3.05) is 0 Å². The molecule has 1 aromatic carbocycles. The first-order valence-electron chi connectivity index (χ1n) is 5.46. The Hall–Kier alpha value is -1.95. The van der Waals surface area contributed by atoms with E-state index in [-0.39, 0.29) is 10.6 Å². The summed E-state index contributed by atoms with van der Waals surface area (Å²) < 4.78 is 39.0. The van der Waals surface area contributed by atoms with E-state index in [2.05, 4.69) is 0 Å². The second-order valence-electron chi connectivity index (χ2n) is 3.95. The van der Waals surface area contributed by atoms with Crippen LogP contribution in [-0.2, 0) is 0 Å². The van der Waals surface area contributed by atoms with E-state index in [9.17, 15) is 13.2 Å². The van der Waals surface area contributed by atoms with Gasteiger partial charge >= 0.3 is 6.18 Å². The number of rotatable bonds is 2. The Kier molecular flexibility index (Phi) is 5.43. The summed E-state index contributed by atoms with van der Waals surface area (Å²) in [5, 5.41) is 18.1. The Bertz CT molecular complexity index is 704. The standard InChI is InChI=1S/C14H7Cl2F3N2/c1-8(6-20)13(14(17,18)19)10(7-21)4-9-2-3-11(15)5-12(9)16/h2-5H,1H3/b10-4+,13-8-. The predicted octanol–water partition coefficient (Wildman–Crippen LogP) is 5.30. The van der Waals surface area contributed by atoms with Crippen molar-refractivity contribution in [2.45, 2.75) is 13.1 Å². The number of alkyl halides is 3. The van der Waals surface area contributed by atoms with E-state index in [0.717, 1.165) is 13.0 Å². The van der Waals surface area contributed by atoms with Gasteiger partial charge < -0.3 is 0 Å². The van der Waals surface area contributed by atoms with Crippen LogP contribution in [0.5, 0.6) is 0 Å². The van der Waals surface area contributed by atoms with Crippen LogP contribution in [0.1, 0.15) is 12.5 Å². The Morgan fingerprint density at radius 1 is 1.19 bits per heavy atom. The zero-order chi connectivity index (χ0) is 16.2. The van der Waals surface area contributed by atoms with Crippen molar-refractivity contribution in [3.63, 3.8) is 0 Å². The Morgan fingerprint density at radius 2 is 1.81 bits per heavy atom. The van der Waals surface area contributed by atoms with Crippen molar-refractivity contribution in [3.05, 3.63) is 50.5 Å². The van der Waals surface area contributed by atoms with Crippen molar-refractivity contribution in [3.8, 4) is 12.1 Å². The predicted molar refractivity (Wildman–Crippen MR) is 74.4 cm³/mol. The molecule has 0 aliphatic carbocycles. The third-order valence-electron chi connectivity index (χ3n) is 2.48. The SMILES string of the molecule is C/C(C#N)=C(\C(C#N)=C\c1ccc(Cl)cc1Cl)C(F)(F)F. The fourth-order valence-electron chi connectivity index (χ4n) is 1.56. The number of nitrogens with zero attached hydrogens (tertiary/aromatic N) is 2.